The van der Waals surface area contributed by atoms with E-state index in [0.717, 1.165) is 75.4 Å². The van der Waals surface area contributed by atoms with E-state index in [2.05, 4.69) is 117 Å². The van der Waals surface area contributed by atoms with Gasteiger partial charge in [0.15, 0.2) is 0 Å². The van der Waals surface area contributed by atoms with Crippen LogP contribution >= 0.6 is 0 Å². The molecule has 2 aromatic carbocycles. The first-order valence-corrected chi connectivity index (χ1v) is 18.3. The third kappa shape index (κ3) is 26.0. The van der Waals surface area contributed by atoms with Gasteiger partial charge >= 0.3 is 52.5 Å². The molecule has 0 aliphatic heterocycles. The maximum absolute atomic E-state index is 4.89. The molecular formula is C36H66N4Ni2Ru2S4+5. The predicted octanol–water partition coefficient (Wildman–Crippen LogP) is 5.77. The molecule has 0 aromatic heterocycles. The molecule has 0 saturated carbocycles. The Bertz CT molecular complexity index is 774. The van der Waals surface area contributed by atoms with Crippen LogP contribution < -0.4 is 0 Å². The monoisotopic (exact) mass is 1000 g/mol. The largest absolute Gasteiger partial charge is 5.00 e. The zero-order valence-electron chi connectivity index (χ0n) is 32.2. The van der Waals surface area contributed by atoms with E-state index in [-0.39, 0.29) is 71.9 Å². The third-order valence-corrected chi connectivity index (χ3v) is 9.97. The molecular weight excluding hydrogens is 936 g/mol. The van der Waals surface area contributed by atoms with Crippen LogP contribution in [0.5, 0.6) is 0 Å². The van der Waals surface area contributed by atoms with Gasteiger partial charge in [-0.05, 0) is 54.4 Å². The second kappa shape index (κ2) is 36.2. The average molecular weight is 1000 g/mol. The molecule has 0 spiro atoms. The summed E-state index contributed by atoms with van der Waals surface area (Å²) in [6.45, 7) is 30.4. The van der Waals surface area contributed by atoms with Crippen molar-refractivity contribution < 1.29 is 71.9 Å². The van der Waals surface area contributed by atoms with E-state index < -0.39 is 0 Å². The zero-order chi connectivity index (χ0) is 34.6. The van der Waals surface area contributed by atoms with E-state index in [1.165, 1.54) is 55.6 Å². The Morgan fingerprint density at radius 1 is 0.396 bits per heavy atom. The van der Waals surface area contributed by atoms with E-state index in [4.69, 9.17) is 50.5 Å². The van der Waals surface area contributed by atoms with E-state index in [1.54, 1.807) is 0 Å². The molecule has 0 heterocycles. The number of hydrogen-bond donors (Lipinski definition) is 0. The maximum Gasteiger partial charge on any atom is 5.00 e. The van der Waals surface area contributed by atoms with Gasteiger partial charge in [0.05, 0.1) is 0 Å². The molecule has 3 radical (unpaired) electrons. The Balaban J connectivity index is -0.000000119. The van der Waals surface area contributed by atoms with Crippen LogP contribution in [0.3, 0.4) is 0 Å². The van der Waals surface area contributed by atoms with Gasteiger partial charge in [-0.15, -0.1) is 0 Å². The summed E-state index contributed by atoms with van der Waals surface area (Å²) in [5.41, 5.74) is 14.7. The maximum atomic E-state index is 4.89. The van der Waals surface area contributed by atoms with Crippen molar-refractivity contribution >= 4 is 50.5 Å². The molecule has 0 unspecified atom stereocenters. The van der Waals surface area contributed by atoms with Crippen LogP contribution in [-0.2, 0) is 122 Å². The van der Waals surface area contributed by atoms with Gasteiger partial charge in [-0.25, -0.2) is 0 Å². The van der Waals surface area contributed by atoms with Crippen molar-refractivity contribution in [3.8, 4) is 0 Å². The molecule has 2 rings (SSSR count). The van der Waals surface area contributed by atoms with Gasteiger partial charge in [0.25, 0.3) is 0 Å². The Morgan fingerprint density at radius 2 is 0.542 bits per heavy atom. The topological polar surface area (TPSA) is 13.0 Å². The van der Waals surface area contributed by atoms with Crippen LogP contribution in [0.25, 0.3) is 0 Å². The van der Waals surface area contributed by atoms with Crippen LogP contribution in [0.4, 0.5) is 0 Å². The minimum Gasteiger partial charge on any atom is -0.791 e. The third-order valence-electron chi connectivity index (χ3n) is 9.24. The molecule has 4 nitrogen and oxygen atoms in total. The molecule has 48 heavy (non-hydrogen) atoms. The van der Waals surface area contributed by atoms with Gasteiger partial charge in [0, 0.05) is 45.7 Å². The minimum atomic E-state index is 0. The van der Waals surface area contributed by atoms with Crippen LogP contribution in [0, 0.1) is 69.2 Å². The Morgan fingerprint density at radius 3 is 0.625 bits per heavy atom. The van der Waals surface area contributed by atoms with Gasteiger partial charge in [0.2, 0.25) is 0 Å². The summed E-state index contributed by atoms with van der Waals surface area (Å²) in [6, 6.07) is 0. The molecule has 0 amide bonds. The molecule has 285 valence electrons. The number of likely N-dealkylation sites (N-methyl/N-ethyl adjacent to an activating group) is 4. The van der Waals surface area contributed by atoms with Crippen molar-refractivity contribution in [1.29, 1.82) is 0 Å². The molecule has 0 aliphatic rings. The summed E-state index contributed by atoms with van der Waals surface area (Å²) in [5.74, 6) is 3.28. The number of rotatable bonds is 14. The van der Waals surface area contributed by atoms with E-state index in [0.29, 0.717) is 0 Å². The van der Waals surface area contributed by atoms with Crippen molar-refractivity contribution in [2.75, 3.05) is 104 Å². The first kappa shape index (κ1) is 62.2. The van der Waals surface area contributed by atoms with Crippen molar-refractivity contribution in [3.63, 3.8) is 0 Å². The molecule has 0 atom stereocenters. The molecule has 0 bridgehead atoms. The number of nitrogens with zero attached hydrogens (tertiary/aromatic N) is 4. The van der Waals surface area contributed by atoms with Crippen molar-refractivity contribution in [1.82, 2.24) is 19.6 Å². The predicted molar refractivity (Wildman–Crippen MR) is 210 cm³/mol. The van der Waals surface area contributed by atoms with Crippen LogP contribution in [0.15, 0.2) is 0 Å². The quantitative estimate of drug-likeness (QED) is 0.133. The van der Waals surface area contributed by atoms with Crippen LogP contribution in [0.2, 0.25) is 0 Å². The van der Waals surface area contributed by atoms with Gasteiger partial charge in [-0.1, -0.05) is 69.2 Å². The smallest absolute Gasteiger partial charge is 0.791 e. The fourth-order valence-electron chi connectivity index (χ4n) is 4.57. The van der Waals surface area contributed by atoms with E-state index >= 15 is 0 Å². The zero-order valence-corrected chi connectivity index (χ0v) is 41.0. The second-order valence-corrected chi connectivity index (χ2v) is 13.9. The van der Waals surface area contributed by atoms with Gasteiger partial charge in [-0.2, -0.15) is 78.6 Å². The molecule has 0 N–H and O–H groups in total. The van der Waals surface area contributed by atoms with Gasteiger partial charge < -0.3 is 70.1 Å². The molecule has 0 saturated heterocycles. The normalized spacial score (nSPS) is 10.1. The first-order valence-electron chi connectivity index (χ1n) is 16.0. The Hall–Kier alpha value is 2.17. The first-order chi connectivity index (χ1) is 20.5. The summed E-state index contributed by atoms with van der Waals surface area (Å²) in [6.07, 6.45) is 0. The Kier molecular flexibility index (Phi) is 46.8. The van der Waals surface area contributed by atoms with Crippen molar-refractivity contribution in [3.05, 3.63) is 55.6 Å². The van der Waals surface area contributed by atoms with Gasteiger partial charge in [0.1, 0.15) is 0 Å². The van der Waals surface area contributed by atoms with Crippen LogP contribution in [-0.4, -0.2) is 123 Å². The summed E-state index contributed by atoms with van der Waals surface area (Å²) in [4.78, 5) is 9.03. The van der Waals surface area contributed by atoms with Crippen molar-refractivity contribution in [2.45, 2.75) is 69.2 Å². The molecule has 0 aliphatic carbocycles. The Labute approximate surface area is 366 Å². The van der Waals surface area contributed by atoms with Crippen molar-refractivity contribution in [2.24, 2.45) is 0 Å². The van der Waals surface area contributed by atoms with Gasteiger partial charge in [-0.3, -0.25) is 0 Å². The van der Waals surface area contributed by atoms with E-state index in [1.807, 2.05) is 0 Å². The summed E-state index contributed by atoms with van der Waals surface area (Å²) >= 11 is 19.5. The van der Waals surface area contributed by atoms with Crippen LogP contribution in [0.1, 0.15) is 55.6 Å². The molecule has 2 aromatic rings. The van der Waals surface area contributed by atoms with E-state index in [9.17, 15) is 0 Å². The fraction of sp³-hybridized carbons (Fsp3) is 0.722. The molecule has 0 fully saturated rings. The summed E-state index contributed by atoms with van der Waals surface area (Å²) in [7, 11) is 8.42. The fourth-order valence-corrected chi connectivity index (χ4v) is 5.81. The molecule has 12 heteroatoms. The minimum absolute atomic E-state index is 0. The standard InChI is InChI=1S/2C10H15.2C8H20N2S2.2Ni.2Ru/c2*1-6-7(2)9(4)10(5)8(6)3;2*1-9(5-7-11)3-4-10(2)6-8-12;;;;/h2*1-5H3;2*11-12H,3-8H2,1-2H3;;;;/q2*-1;;;2*+3;;+5/p-4. The summed E-state index contributed by atoms with van der Waals surface area (Å²) in [5, 5.41) is 0. The summed E-state index contributed by atoms with van der Waals surface area (Å²) < 4.78 is 0. The SMILES string of the molecule is CN(CC[S-])CCN(C)CC[S-].CN(CC[S-])CCN(C)CC[S-].Cc1c(C)c(C)[c-](C)c1C.Cc1c(C)c(C)[c-](C)c1C.[Ni+3].[Ni+3].[Ru+5].[Ru]. The second-order valence-electron chi connectivity index (χ2n) is 12.3. The number of hydrogen-bond acceptors (Lipinski definition) is 8. The average Bonchev–Trinajstić information content (AvgIpc) is 3.26.